The zero-order valence-corrected chi connectivity index (χ0v) is 12.5. The summed E-state index contributed by atoms with van der Waals surface area (Å²) in [5, 5.41) is 0. The van der Waals surface area contributed by atoms with Crippen LogP contribution in [0.2, 0.25) is 0 Å². The van der Waals surface area contributed by atoms with E-state index in [0.29, 0.717) is 6.61 Å². The van der Waals surface area contributed by atoms with Gasteiger partial charge in [-0.05, 0) is 49.4 Å². The Bertz CT molecular complexity index is 606. The summed E-state index contributed by atoms with van der Waals surface area (Å²) in [4.78, 5) is 4.45. The van der Waals surface area contributed by atoms with Crippen molar-refractivity contribution in [3.63, 3.8) is 0 Å². The summed E-state index contributed by atoms with van der Waals surface area (Å²) in [5.41, 5.74) is 1.72. The molecule has 2 aromatic rings. The van der Waals surface area contributed by atoms with Gasteiger partial charge in [-0.3, -0.25) is 4.99 Å². The van der Waals surface area contributed by atoms with E-state index < -0.39 is 0 Å². The number of nitrogens with zero attached hydrogens (tertiary/aromatic N) is 1. The molecule has 2 aromatic carbocycles. The predicted molar refractivity (Wildman–Crippen MR) is 84.4 cm³/mol. The van der Waals surface area contributed by atoms with Gasteiger partial charge in [0.05, 0.1) is 26.5 Å². The van der Waals surface area contributed by atoms with Gasteiger partial charge >= 0.3 is 0 Å². The first-order valence-corrected chi connectivity index (χ1v) is 6.75. The quantitative estimate of drug-likeness (QED) is 0.757. The molecule has 0 saturated heterocycles. The Hall–Kier alpha value is -2.49. The van der Waals surface area contributed by atoms with Crippen LogP contribution in [0.5, 0.6) is 17.2 Å². The molecule has 0 fully saturated rings. The van der Waals surface area contributed by atoms with E-state index in [-0.39, 0.29) is 0 Å². The number of hydrogen-bond donors (Lipinski definition) is 0. The SMILES string of the molecule is CCOc1ccc(N=Cc2cc(OC)ccc2OC)cc1. The van der Waals surface area contributed by atoms with Gasteiger partial charge in [0, 0.05) is 11.8 Å². The molecular weight excluding hydrogens is 266 g/mol. The van der Waals surface area contributed by atoms with E-state index in [1.807, 2.05) is 49.4 Å². The summed E-state index contributed by atoms with van der Waals surface area (Å²) in [7, 11) is 3.27. The first-order chi connectivity index (χ1) is 10.3. The molecule has 0 heterocycles. The normalized spacial score (nSPS) is 10.6. The number of aliphatic imine (C=N–C) groups is 1. The third-order valence-corrected chi connectivity index (χ3v) is 2.94. The Morgan fingerprint density at radius 1 is 0.952 bits per heavy atom. The second-order valence-electron chi connectivity index (χ2n) is 4.29. The number of rotatable bonds is 6. The van der Waals surface area contributed by atoms with Crippen LogP contribution < -0.4 is 14.2 Å². The van der Waals surface area contributed by atoms with Crippen molar-refractivity contribution in [1.82, 2.24) is 0 Å². The first kappa shape index (κ1) is 14.9. The number of methoxy groups -OCH3 is 2. The lowest BCUT2D eigenvalue weighted by Crippen LogP contribution is -1.92. The number of hydrogen-bond acceptors (Lipinski definition) is 4. The van der Waals surface area contributed by atoms with Crippen LogP contribution in [0.4, 0.5) is 5.69 Å². The molecule has 110 valence electrons. The van der Waals surface area contributed by atoms with Crippen LogP contribution in [0.25, 0.3) is 0 Å². The van der Waals surface area contributed by atoms with E-state index in [1.54, 1.807) is 20.4 Å². The summed E-state index contributed by atoms with van der Waals surface area (Å²) in [6, 6.07) is 13.2. The van der Waals surface area contributed by atoms with E-state index in [0.717, 1.165) is 28.5 Å². The topological polar surface area (TPSA) is 40.0 Å². The van der Waals surface area contributed by atoms with Gasteiger partial charge in [0.2, 0.25) is 0 Å². The minimum Gasteiger partial charge on any atom is -0.497 e. The van der Waals surface area contributed by atoms with Gasteiger partial charge in [-0.25, -0.2) is 0 Å². The van der Waals surface area contributed by atoms with E-state index in [4.69, 9.17) is 14.2 Å². The second-order valence-corrected chi connectivity index (χ2v) is 4.29. The molecule has 2 rings (SSSR count). The van der Waals surface area contributed by atoms with Crippen molar-refractivity contribution in [3.8, 4) is 17.2 Å². The molecule has 0 N–H and O–H groups in total. The van der Waals surface area contributed by atoms with Gasteiger partial charge in [0.15, 0.2) is 0 Å². The van der Waals surface area contributed by atoms with Crippen molar-refractivity contribution in [2.75, 3.05) is 20.8 Å². The summed E-state index contributed by atoms with van der Waals surface area (Å²) in [5.74, 6) is 2.37. The Kier molecular flexibility index (Phi) is 5.21. The second kappa shape index (κ2) is 7.33. The molecule has 0 bridgehead atoms. The van der Waals surface area contributed by atoms with Crippen molar-refractivity contribution in [3.05, 3.63) is 48.0 Å². The predicted octanol–water partition coefficient (Wildman–Crippen LogP) is 3.85. The molecule has 0 amide bonds. The van der Waals surface area contributed by atoms with Crippen LogP contribution >= 0.6 is 0 Å². The van der Waals surface area contributed by atoms with Gasteiger partial charge in [0.1, 0.15) is 17.2 Å². The molecule has 0 unspecified atom stereocenters. The smallest absolute Gasteiger partial charge is 0.127 e. The molecule has 0 aliphatic rings. The number of benzene rings is 2. The number of ether oxygens (including phenoxy) is 3. The fraction of sp³-hybridized carbons (Fsp3) is 0.235. The zero-order valence-electron chi connectivity index (χ0n) is 12.5. The highest BCUT2D eigenvalue weighted by atomic mass is 16.5. The fourth-order valence-electron chi connectivity index (χ4n) is 1.88. The molecule has 0 aliphatic carbocycles. The van der Waals surface area contributed by atoms with E-state index >= 15 is 0 Å². The molecule has 4 nitrogen and oxygen atoms in total. The molecule has 4 heteroatoms. The first-order valence-electron chi connectivity index (χ1n) is 6.75. The van der Waals surface area contributed by atoms with Crippen LogP contribution in [-0.4, -0.2) is 27.0 Å². The summed E-state index contributed by atoms with van der Waals surface area (Å²) in [6.07, 6.45) is 1.76. The summed E-state index contributed by atoms with van der Waals surface area (Å²) < 4.78 is 15.9. The van der Waals surface area contributed by atoms with E-state index in [1.165, 1.54) is 0 Å². The molecule has 0 atom stereocenters. The van der Waals surface area contributed by atoms with Gasteiger partial charge in [-0.15, -0.1) is 0 Å². The summed E-state index contributed by atoms with van der Waals surface area (Å²) in [6.45, 7) is 2.62. The van der Waals surface area contributed by atoms with Crippen molar-refractivity contribution >= 4 is 11.9 Å². The lowest BCUT2D eigenvalue weighted by atomic mass is 10.2. The summed E-state index contributed by atoms with van der Waals surface area (Å²) >= 11 is 0. The highest BCUT2D eigenvalue weighted by Gasteiger charge is 2.02. The Morgan fingerprint density at radius 3 is 2.29 bits per heavy atom. The third-order valence-electron chi connectivity index (χ3n) is 2.94. The van der Waals surface area contributed by atoms with Gasteiger partial charge < -0.3 is 14.2 Å². The third kappa shape index (κ3) is 3.99. The van der Waals surface area contributed by atoms with E-state index in [2.05, 4.69) is 4.99 Å². The maximum absolute atomic E-state index is 5.40. The molecule has 0 spiro atoms. The van der Waals surface area contributed by atoms with Crippen molar-refractivity contribution in [1.29, 1.82) is 0 Å². The standard InChI is InChI=1S/C17H19NO3/c1-4-21-15-7-5-14(6-8-15)18-12-13-11-16(19-2)9-10-17(13)20-3/h5-12H,4H2,1-3H3. The molecule has 0 aliphatic heterocycles. The molecule has 0 aromatic heterocycles. The van der Waals surface area contributed by atoms with Crippen molar-refractivity contribution < 1.29 is 14.2 Å². The zero-order chi connectivity index (χ0) is 15.1. The molecule has 0 radical (unpaired) electrons. The Morgan fingerprint density at radius 2 is 1.67 bits per heavy atom. The average Bonchev–Trinajstić information content (AvgIpc) is 2.54. The maximum Gasteiger partial charge on any atom is 0.127 e. The maximum atomic E-state index is 5.40. The highest BCUT2D eigenvalue weighted by Crippen LogP contribution is 2.24. The Balaban J connectivity index is 2.19. The largest absolute Gasteiger partial charge is 0.497 e. The molecular formula is C17H19NO3. The van der Waals surface area contributed by atoms with Gasteiger partial charge in [0.25, 0.3) is 0 Å². The van der Waals surface area contributed by atoms with E-state index in [9.17, 15) is 0 Å². The Labute approximate surface area is 125 Å². The van der Waals surface area contributed by atoms with Gasteiger partial charge in [-0.2, -0.15) is 0 Å². The molecule has 0 saturated carbocycles. The highest BCUT2D eigenvalue weighted by molar-refractivity contribution is 5.86. The van der Waals surface area contributed by atoms with Crippen LogP contribution in [0.1, 0.15) is 12.5 Å². The average molecular weight is 285 g/mol. The van der Waals surface area contributed by atoms with Crippen molar-refractivity contribution in [2.45, 2.75) is 6.92 Å². The lowest BCUT2D eigenvalue weighted by molar-refractivity contribution is 0.340. The van der Waals surface area contributed by atoms with Crippen LogP contribution in [0, 0.1) is 0 Å². The van der Waals surface area contributed by atoms with Crippen LogP contribution in [-0.2, 0) is 0 Å². The van der Waals surface area contributed by atoms with Crippen LogP contribution in [0.15, 0.2) is 47.5 Å². The van der Waals surface area contributed by atoms with Crippen LogP contribution in [0.3, 0.4) is 0 Å². The lowest BCUT2D eigenvalue weighted by Gasteiger charge is -2.07. The minimum atomic E-state index is 0.656. The van der Waals surface area contributed by atoms with Gasteiger partial charge in [-0.1, -0.05) is 0 Å². The molecule has 21 heavy (non-hydrogen) atoms. The van der Waals surface area contributed by atoms with Crippen molar-refractivity contribution in [2.24, 2.45) is 4.99 Å². The minimum absolute atomic E-state index is 0.656. The fourth-order valence-corrected chi connectivity index (χ4v) is 1.88. The monoisotopic (exact) mass is 285 g/mol.